The molecule has 5 heteroatoms. The molecule has 1 aromatic carbocycles. The van der Waals surface area contributed by atoms with Gasteiger partial charge in [0.15, 0.2) is 6.61 Å². The van der Waals surface area contributed by atoms with Crippen LogP contribution in [-0.2, 0) is 20.7 Å². The fourth-order valence-corrected chi connectivity index (χ4v) is 1.31. The normalized spacial score (nSPS) is 9.83. The van der Waals surface area contributed by atoms with Gasteiger partial charge in [-0.1, -0.05) is 19.1 Å². The van der Waals surface area contributed by atoms with Gasteiger partial charge in [0, 0.05) is 12.2 Å². The van der Waals surface area contributed by atoms with Crippen LogP contribution in [0.4, 0.5) is 5.69 Å². The molecule has 0 atom stereocenters. The third-order valence-corrected chi connectivity index (χ3v) is 2.26. The lowest BCUT2D eigenvalue weighted by atomic mass is 10.1. The van der Waals surface area contributed by atoms with E-state index in [1.807, 2.05) is 6.92 Å². The molecule has 0 unspecified atom stereocenters. The van der Waals surface area contributed by atoms with Gasteiger partial charge in [-0.25, -0.2) is 0 Å². The molecule has 1 amide bonds. The van der Waals surface area contributed by atoms with E-state index in [0.717, 1.165) is 12.0 Å². The molecule has 5 nitrogen and oxygen atoms in total. The van der Waals surface area contributed by atoms with Gasteiger partial charge in [0.05, 0.1) is 6.42 Å². The molecule has 0 bridgehead atoms. The first-order chi connectivity index (χ1) is 8.61. The summed E-state index contributed by atoms with van der Waals surface area (Å²) in [7, 11) is 0. The van der Waals surface area contributed by atoms with E-state index in [-0.39, 0.29) is 18.9 Å². The van der Waals surface area contributed by atoms with Gasteiger partial charge < -0.3 is 15.8 Å². The predicted octanol–water partition coefficient (Wildman–Crippen LogP) is 0.881. The Morgan fingerprint density at radius 1 is 1.28 bits per heavy atom. The molecule has 0 aliphatic rings. The van der Waals surface area contributed by atoms with Crippen LogP contribution < -0.4 is 11.1 Å². The van der Waals surface area contributed by atoms with Crippen molar-refractivity contribution in [3.05, 3.63) is 29.8 Å². The van der Waals surface area contributed by atoms with Crippen LogP contribution in [0.1, 0.15) is 18.9 Å². The molecule has 0 spiro atoms. The zero-order chi connectivity index (χ0) is 13.4. The number of ether oxygens (including phenoxy) is 1. The average Bonchev–Trinajstić information content (AvgIpc) is 2.36. The van der Waals surface area contributed by atoms with E-state index < -0.39 is 5.97 Å². The maximum absolute atomic E-state index is 11.4. The van der Waals surface area contributed by atoms with Crippen LogP contribution in [0, 0.1) is 0 Å². The Bertz CT molecular complexity index is 401. The van der Waals surface area contributed by atoms with Gasteiger partial charge in [-0.05, 0) is 24.1 Å². The molecule has 1 rings (SSSR count). The monoisotopic (exact) mass is 250 g/mol. The SMILES string of the molecule is CCCNC(=O)COC(=O)Cc1ccc(N)cc1. The van der Waals surface area contributed by atoms with Gasteiger partial charge in [-0.15, -0.1) is 0 Å². The summed E-state index contributed by atoms with van der Waals surface area (Å²) in [5, 5.41) is 2.63. The predicted molar refractivity (Wildman–Crippen MR) is 68.8 cm³/mol. The maximum Gasteiger partial charge on any atom is 0.310 e. The second-order valence-electron chi connectivity index (χ2n) is 3.93. The maximum atomic E-state index is 11.4. The Morgan fingerprint density at radius 3 is 2.56 bits per heavy atom. The molecule has 0 aliphatic heterocycles. The van der Waals surface area contributed by atoms with Crippen LogP contribution in [0.15, 0.2) is 24.3 Å². The molecule has 0 radical (unpaired) electrons. The van der Waals surface area contributed by atoms with E-state index in [1.165, 1.54) is 0 Å². The molecule has 1 aromatic rings. The minimum absolute atomic E-state index is 0.140. The van der Waals surface area contributed by atoms with Gasteiger partial charge in [0.25, 0.3) is 5.91 Å². The molecule has 0 heterocycles. The van der Waals surface area contributed by atoms with Crippen molar-refractivity contribution >= 4 is 17.6 Å². The van der Waals surface area contributed by atoms with Crippen molar-refractivity contribution in [2.75, 3.05) is 18.9 Å². The number of anilines is 1. The third-order valence-electron chi connectivity index (χ3n) is 2.26. The van der Waals surface area contributed by atoms with Crippen LogP contribution in [-0.4, -0.2) is 25.0 Å². The summed E-state index contributed by atoms with van der Waals surface area (Å²) < 4.78 is 4.85. The average molecular weight is 250 g/mol. The Kier molecular flexibility index (Phi) is 5.70. The summed E-state index contributed by atoms with van der Waals surface area (Å²) in [6, 6.07) is 6.95. The molecule has 0 saturated heterocycles. The van der Waals surface area contributed by atoms with Gasteiger partial charge in [-0.3, -0.25) is 9.59 Å². The number of nitrogen functional groups attached to an aromatic ring is 1. The second kappa shape index (κ2) is 7.32. The first kappa shape index (κ1) is 14.0. The van der Waals surface area contributed by atoms with E-state index >= 15 is 0 Å². The van der Waals surface area contributed by atoms with Crippen LogP contribution in [0.2, 0.25) is 0 Å². The summed E-state index contributed by atoms with van der Waals surface area (Å²) >= 11 is 0. The lowest BCUT2D eigenvalue weighted by Crippen LogP contribution is -2.29. The van der Waals surface area contributed by atoms with E-state index in [9.17, 15) is 9.59 Å². The third kappa shape index (κ3) is 5.34. The number of esters is 1. The minimum atomic E-state index is -0.425. The van der Waals surface area contributed by atoms with E-state index in [1.54, 1.807) is 24.3 Å². The smallest absolute Gasteiger partial charge is 0.310 e. The lowest BCUT2D eigenvalue weighted by Gasteiger charge is -2.05. The van der Waals surface area contributed by atoms with E-state index in [0.29, 0.717) is 12.2 Å². The molecule has 0 fully saturated rings. The van der Waals surface area contributed by atoms with Crippen molar-refractivity contribution in [2.24, 2.45) is 0 Å². The Balaban J connectivity index is 2.29. The Morgan fingerprint density at radius 2 is 1.94 bits per heavy atom. The number of benzene rings is 1. The summed E-state index contributed by atoms with van der Waals surface area (Å²) in [6.07, 6.45) is 0.993. The molecule has 18 heavy (non-hydrogen) atoms. The molecule has 0 aromatic heterocycles. The zero-order valence-corrected chi connectivity index (χ0v) is 10.4. The minimum Gasteiger partial charge on any atom is -0.455 e. The first-order valence-electron chi connectivity index (χ1n) is 5.88. The highest BCUT2D eigenvalue weighted by Crippen LogP contribution is 2.06. The van der Waals surface area contributed by atoms with Gasteiger partial charge in [0.2, 0.25) is 0 Å². The molecule has 0 saturated carbocycles. The molecule has 98 valence electrons. The van der Waals surface area contributed by atoms with Crippen LogP contribution in [0.3, 0.4) is 0 Å². The van der Waals surface area contributed by atoms with Crippen LogP contribution >= 0.6 is 0 Å². The number of carbonyl (C=O) groups is 2. The van der Waals surface area contributed by atoms with Crippen molar-refractivity contribution in [2.45, 2.75) is 19.8 Å². The first-order valence-corrected chi connectivity index (χ1v) is 5.88. The molecule has 3 N–H and O–H groups in total. The summed E-state index contributed by atoms with van der Waals surface area (Å²) in [6.45, 7) is 2.32. The fourth-order valence-electron chi connectivity index (χ4n) is 1.31. The lowest BCUT2D eigenvalue weighted by molar-refractivity contribution is -0.147. The van der Waals surface area contributed by atoms with E-state index in [4.69, 9.17) is 10.5 Å². The molecule has 0 aliphatic carbocycles. The summed E-state index contributed by atoms with van der Waals surface area (Å²) in [5.74, 6) is -0.700. The van der Waals surface area contributed by atoms with Crippen molar-refractivity contribution in [1.82, 2.24) is 5.32 Å². The second-order valence-corrected chi connectivity index (χ2v) is 3.93. The van der Waals surface area contributed by atoms with Gasteiger partial charge in [-0.2, -0.15) is 0 Å². The highest BCUT2D eigenvalue weighted by atomic mass is 16.5. The fraction of sp³-hybridized carbons (Fsp3) is 0.385. The highest BCUT2D eigenvalue weighted by Gasteiger charge is 2.07. The Hall–Kier alpha value is -2.04. The van der Waals surface area contributed by atoms with E-state index in [2.05, 4.69) is 5.32 Å². The number of nitrogens with two attached hydrogens (primary N) is 1. The van der Waals surface area contributed by atoms with Crippen molar-refractivity contribution < 1.29 is 14.3 Å². The molecular weight excluding hydrogens is 232 g/mol. The quantitative estimate of drug-likeness (QED) is 0.580. The van der Waals surface area contributed by atoms with Gasteiger partial charge >= 0.3 is 5.97 Å². The number of hydrogen-bond acceptors (Lipinski definition) is 4. The largest absolute Gasteiger partial charge is 0.455 e. The van der Waals surface area contributed by atoms with Crippen LogP contribution in [0.25, 0.3) is 0 Å². The van der Waals surface area contributed by atoms with Gasteiger partial charge in [0.1, 0.15) is 0 Å². The summed E-state index contributed by atoms with van der Waals surface area (Å²) in [5.41, 5.74) is 6.99. The number of nitrogens with one attached hydrogen (secondary N) is 1. The number of rotatable bonds is 6. The topological polar surface area (TPSA) is 81.4 Å². The molecular formula is C13H18N2O3. The number of amides is 1. The van der Waals surface area contributed by atoms with Crippen LogP contribution in [0.5, 0.6) is 0 Å². The van der Waals surface area contributed by atoms with Crippen molar-refractivity contribution in [3.63, 3.8) is 0 Å². The highest BCUT2D eigenvalue weighted by molar-refractivity contribution is 5.81. The zero-order valence-electron chi connectivity index (χ0n) is 10.4. The van der Waals surface area contributed by atoms with Crippen molar-refractivity contribution in [3.8, 4) is 0 Å². The summed E-state index contributed by atoms with van der Waals surface area (Å²) in [4.78, 5) is 22.6. The number of hydrogen-bond donors (Lipinski definition) is 2. The standard InChI is InChI=1S/C13H18N2O3/c1-2-7-15-12(16)9-18-13(17)8-10-3-5-11(14)6-4-10/h3-6H,2,7-9,14H2,1H3,(H,15,16). The van der Waals surface area contributed by atoms with Crippen molar-refractivity contribution in [1.29, 1.82) is 0 Å². The number of carbonyl (C=O) groups excluding carboxylic acids is 2. The Labute approximate surface area is 106 Å².